The van der Waals surface area contributed by atoms with E-state index in [-0.39, 0.29) is 5.91 Å². The van der Waals surface area contributed by atoms with E-state index in [1.807, 2.05) is 11.8 Å². The maximum absolute atomic E-state index is 11.5. The van der Waals surface area contributed by atoms with E-state index >= 15 is 0 Å². The Kier molecular flexibility index (Phi) is 4.97. The highest BCUT2D eigenvalue weighted by molar-refractivity contribution is 7.99. The molecule has 1 amide bonds. The Labute approximate surface area is 102 Å². The van der Waals surface area contributed by atoms with Gasteiger partial charge < -0.3 is 10.6 Å². The van der Waals surface area contributed by atoms with Gasteiger partial charge in [0.25, 0.3) is 0 Å². The second-order valence-corrected chi connectivity index (χ2v) is 5.94. The first-order chi connectivity index (χ1) is 7.86. The summed E-state index contributed by atoms with van der Waals surface area (Å²) in [7, 11) is 0. The van der Waals surface area contributed by atoms with Crippen molar-refractivity contribution in [2.75, 3.05) is 24.6 Å². The number of hydrogen-bond acceptors (Lipinski definition) is 3. The number of carbonyl (C=O) groups is 1. The van der Waals surface area contributed by atoms with E-state index in [2.05, 4.69) is 10.6 Å². The van der Waals surface area contributed by atoms with Gasteiger partial charge in [-0.3, -0.25) is 4.79 Å². The minimum absolute atomic E-state index is 0.280. The largest absolute Gasteiger partial charge is 0.356 e. The van der Waals surface area contributed by atoms with Crippen LogP contribution < -0.4 is 10.6 Å². The van der Waals surface area contributed by atoms with Crippen LogP contribution in [0.2, 0.25) is 0 Å². The molecule has 0 spiro atoms. The number of amides is 1. The van der Waals surface area contributed by atoms with Crippen molar-refractivity contribution in [3.63, 3.8) is 0 Å². The molecule has 4 heteroatoms. The summed E-state index contributed by atoms with van der Waals surface area (Å²) in [6, 6.07) is 0.715. The fraction of sp³-hybridized carbons (Fsp3) is 0.917. The molecule has 0 aromatic heterocycles. The topological polar surface area (TPSA) is 41.1 Å². The smallest absolute Gasteiger partial charge is 0.223 e. The minimum atomic E-state index is 0.280. The van der Waals surface area contributed by atoms with E-state index in [4.69, 9.17) is 0 Å². The van der Waals surface area contributed by atoms with Gasteiger partial charge >= 0.3 is 0 Å². The molecular formula is C12H22N2OS. The molecule has 2 fully saturated rings. The van der Waals surface area contributed by atoms with E-state index in [1.165, 1.54) is 24.3 Å². The van der Waals surface area contributed by atoms with Gasteiger partial charge in [-0.05, 0) is 38.0 Å². The van der Waals surface area contributed by atoms with E-state index < -0.39 is 0 Å². The molecule has 1 aliphatic heterocycles. The lowest BCUT2D eigenvalue weighted by molar-refractivity contribution is -0.127. The molecule has 1 unspecified atom stereocenters. The molecule has 2 aliphatic rings. The highest BCUT2D eigenvalue weighted by Gasteiger charge is 2.24. The first-order valence-corrected chi connectivity index (χ1v) is 7.60. The number of hydrogen-bond donors (Lipinski definition) is 2. The second-order valence-electron chi connectivity index (χ2n) is 4.79. The van der Waals surface area contributed by atoms with Crippen molar-refractivity contribution in [3.8, 4) is 0 Å². The minimum Gasteiger partial charge on any atom is -0.356 e. The van der Waals surface area contributed by atoms with Gasteiger partial charge in [-0.2, -0.15) is 11.8 Å². The van der Waals surface area contributed by atoms with Crippen LogP contribution in [-0.4, -0.2) is 36.5 Å². The molecule has 1 saturated carbocycles. The lowest BCUT2D eigenvalue weighted by atomic mass is 9.85. The summed E-state index contributed by atoms with van der Waals surface area (Å²) >= 11 is 2.03. The number of nitrogens with one attached hydrogen (secondary N) is 2. The Morgan fingerprint density at radius 1 is 1.25 bits per heavy atom. The Hall–Kier alpha value is -0.220. The van der Waals surface area contributed by atoms with Crippen molar-refractivity contribution in [1.29, 1.82) is 0 Å². The van der Waals surface area contributed by atoms with E-state index in [0.717, 1.165) is 32.4 Å². The first-order valence-electron chi connectivity index (χ1n) is 6.45. The summed E-state index contributed by atoms with van der Waals surface area (Å²) in [5.74, 6) is 3.17. The average molecular weight is 242 g/mol. The second kappa shape index (κ2) is 6.50. The van der Waals surface area contributed by atoms with Gasteiger partial charge in [-0.1, -0.05) is 6.42 Å². The van der Waals surface area contributed by atoms with Crippen molar-refractivity contribution in [2.24, 2.45) is 5.92 Å². The zero-order chi connectivity index (χ0) is 11.2. The molecular weight excluding hydrogens is 220 g/mol. The van der Waals surface area contributed by atoms with Crippen LogP contribution in [0.5, 0.6) is 0 Å². The highest BCUT2D eigenvalue weighted by atomic mass is 32.2. The lowest BCUT2D eigenvalue weighted by Gasteiger charge is -2.24. The predicted molar refractivity (Wildman–Crippen MR) is 68.7 cm³/mol. The molecule has 1 heterocycles. The van der Waals surface area contributed by atoms with Crippen LogP contribution in [0.1, 0.15) is 32.1 Å². The van der Waals surface area contributed by atoms with Gasteiger partial charge in [0.05, 0.1) is 0 Å². The fourth-order valence-electron chi connectivity index (χ4n) is 2.12. The van der Waals surface area contributed by atoms with Gasteiger partial charge in [-0.15, -0.1) is 0 Å². The van der Waals surface area contributed by atoms with Crippen LogP contribution >= 0.6 is 11.8 Å². The maximum atomic E-state index is 11.5. The fourth-order valence-corrected chi connectivity index (χ4v) is 3.30. The van der Waals surface area contributed by atoms with Crippen LogP contribution in [0.15, 0.2) is 0 Å². The molecule has 2 rings (SSSR count). The molecule has 92 valence electrons. The van der Waals surface area contributed by atoms with Crippen molar-refractivity contribution in [2.45, 2.75) is 38.1 Å². The summed E-state index contributed by atoms with van der Waals surface area (Å²) in [6.07, 6.45) is 5.80. The molecule has 0 bridgehead atoms. The predicted octanol–water partition coefficient (Wildman–Crippen LogP) is 1.39. The maximum Gasteiger partial charge on any atom is 0.223 e. The van der Waals surface area contributed by atoms with Crippen LogP contribution in [-0.2, 0) is 4.79 Å². The zero-order valence-corrected chi connectivity index (χ0v) is 10.7. The molecule has 1 atom stereocenters. The summed E-state index contributed by atoms with van der Waals surface area (Å²) in [5, 5.41) is 6.57. The average Bonchev–Trinajstić information content (AvgIpc) is 2.67. The molecule has 1 aliphatic carbocycles. The quantitative estimate of drug-likeness (QED) is 0.692. The van der Waals surface area contributed by atoms with Crippen molar-refractivity contribution in [3.05, 3.63) is 0 Å². The normalized spacial score (nSPS) is 25.4. The Morgan fingerprint density at radius 2 is 2.12 bits per heavy atom. The van der Waals surface area contributed by atoms with Crippen LogP contribution in [0.4, 0.5) is 0 Å². The Morgan fingerprint density at radius 3 is 2.75 bits per heavy atom. The Balaban J connectivity index is 1.43. The van der Waals surface area contributed by atoms with E-state index in [1.54, 1.807) is 0 Å². The monoisotopic (exact) mass is 242 g/mol. The third kappa shape index (κ3) is 3.67. The molecule has 0 aromatic rings. The van der Waals surface area contributed by atoms with Crippen LogP contribution in [0, 0.1) is 5.92 Å². The molecule has 1 saturated heterocycles. The van der Waals surface area contributed by atoms with Crippen molar-refractivity contribution >= 4 is 17.7 Å². The number of rotatable bonds is 6. The van der Waals surface area contributed by atoms with Crippen LogP contribution in [0.25, 0.3) is 0 Å². The summed E-state index contributed by atoms with van der Waals surface area (Å²) < 4.78 is 0. The zero-order valence-electron chi connectivity index (χ0n) is 9.84. The molecule has 2 N–H and O–H groups in total. The van der Waals surface area contributed by atoms with Crippen LogP contribution in [0.3, 0.4) is 0 Å². The van der Waals surface area contributed by atoms with Crippen molar-refractivity contribution < 1.29 is 4.79 Å². The third-order valence-corrected chi connectivity index (χ3v) is 4.65. The molecule has 0 aromatic carbocycles. The highest BCUT2D eigenvalue weighted by Crippen LogP contribution is 2.26. The molecule has 3 nitrogen and oxygen atoms in total. The van der Waals surface area contributed by atoms with Crippen molar-refractivity contribution in [1.82, 2.24) is 10.6 Å². The number of thioether (sulfide) groups is 1. The number of carbonyl (C=O) groups excluding carboxylic acids is 1. The Bertz CT molecular complexity index is 225. The summed E-state index contributed by atoms with van der Waals surface area (Å²) in [4.78, 5) is 11.5. The van der Waals surface area contributed by atoms with E-state index in [9.17, 15) is 4.79 Å². The van der Waals surface area contributed by atoms with Gasteiger partial charge in [0.2, 0.25) is 5.91 Å². The van der Waals surface area contributed by atoms with Gasteiger partial charge in [0, 0.05) is 24.3 Å². The lowest BCUT2D eigenvalue weighted by Crippen LogP contribution is -2.36. The van der Waals surface area contributed by atoms with Gasteiger partial charge in [-0.25, -0.2) is 0 Å². The molecule has 16 heavy (non-hydrogen) atoms. The summed E-state index contributed by atoms with van der Waals surface area (Å²) in [6.45, 7) is 1.87. The van der Waals surface area contributed by atoms with Gasteiger partial charge in [0.1, 0.15) is 0 Å². The summed E-state index contributed by atoms with van der Waals surface area (Å²) in [5.41, 5.74) is 0. The first kappa shape index (κ1) is 12.2. The molecule has 0 radical (unpaired) electrons. The SMILES string of the molecule is O=C(NCCCNC1CCSC1)C1CCC1. The third-order valence-electron chi connectivity index (χ3n) is 3.49. The standard InChI is InChI=1S/C12H22N2OS/c15-12(10-3-1-4-10)14-7-2-6-13-11-5-8-16-9-11/h10-11,13H,1-9H2,(H,14,15). The van der Waals surface area contributed by atoms with E-state index in [0.29, 0.717) is 12.0 Å². The van der Waals surface area contributed by atoms with Gasteiger partial charge in [0.15, 0.2) is 0 Å².